The number of hydrogen-bond donors (Lipinski definition) is 3. The highest BCUT2D eigenvalue weighted by atomic mass is 35.5. The van der Waals surface area contributed by atoms with Gasteiger partial charge < -0.3 is 15.1 Å². The van der Waals surface area contributed by atoms with E-state index >= 15 is 0 Å². The second-order valence-electron chi connectivity index (χ2n) is 7.69. The summed E-state index contributed by atoms with van der Waals surface area (Å²) >= 11 is 12.3. The van der Waals surface area contributed by atoms with Crippen LogP contribution in [0.15, 0.2) is 43.2 Å². The summed E-state index contributed by atoms with van der Waals surface area (Å²) in [5.41, 5.74) is 6.70. The van der Waals surface area contributed by atoms with Crippen LogP contribution in [0.5, 0.6) is 0 Å². The molecule has 3 amide bonds. The van der Waals surface area contributed by atoms with Crippen molar-refractivity contribution in [2.75, 3.05) is 50.0 Å². The smallest absolute Gasteiger partial charge is 0.336 e. The van der Waals surface area contributed by atoms with Gasteiger partial charge in [0.25, 0.3) is 0 Å². The van der Waals surface area contributed by atoms with Gasteiger partial charge in [0.15, 0.2) is 0 Å². The highest BCUT2D eigenvalue weighted by molar-refractivity contribution is 6.42. The molecular weight excluding hydrogens is 467 g/mol. The summed E-state index contributed by atoms with van der Waals surface area (Å²) in [6.45, 7) is 7.60. The van der Waals surface area contributed by atoms with Crippen molar-refractivity contribution in [1.82, 2.24) is 30.1 Å². The fraction of sp³-hybridized carbons (Fsp3) is 0.333. The van der Waals surface area contributed by atoms with Crippen molar-refractivity contribution in [2.45, 2.75) is 6.04 Å². The molecule has 4 rings (SSSR count). The first-order valence-corrected chi connectivity index (χ1v) is 11.2. The Balaban J connectivity index is 1.30. The standard InChI is InChI=1S/C21H24Cl2N8O2/c1-2-19(32)31-12-14(13-31)29-6-8-30(9-7-29)21(33)28-27-18-11-16(23)15(22)10-17(18)26-20-24-4-3-5-25-20/h2-5,10-11,14,27H,1,6-9,12-13H2,(H,28,33)(H,24,25,26). The number of carbonyl (C=O) groups is 2. The van der Waals surface area contributed by atoms with Crippen LogP contribution in [0.3, 0.4) is 0 Å². The van der Waals surface area contributed by atoms with E-state index in [1.54, 1.807) is 40.4 Å². The molecule has 3 N–H and O–H groups in total. The summed E-state index contributed by atoms with van der Waals surface area (Å²) in [6, 6.07) is 5.04. The number of rotatable bonds is 6. The Labute approximate surface area is 201 Å². The van der Waals surface area contributed by atoms with Crippen LogP contribution in [0.1, 0.15) is 0 Å². The van der Waals surface area contributed by atoms with Gasteiger partial charge >= 0.3 is 6.03 Å². The first kappa shape index (κ1) is 23.1. The third kappa shape index (κ3) is 5.47. The number of hydrazine groups is 1. The van der Waals surface area contributed by atoms with Gasteiger partial charge in [0.05, 0.1) is 21.4 Å². The fourth-order valence-electron chi connectivity index (χ4n) is 3.72. The Morgan fingerprint density at radius 3 is 2.27 bits per heavy atom. The lowest BCUT2D eigenvalue weighted by molar-refractivity contribution is -0.133. The zero-order valence-corrected chi connectivity index (χ0v) is 19.3. The van der Waals surface area contributed by atoms with Crippen LogP contribution >= 0.6 is 23.2 Å². The monoisotopic (exact) mass is 490 g/mol. The van der Waals surface area contributed by atoms with Crippen molar-refractivity contribution in [3.63, 3.8) is 0 Å². The third-order valence-electron chi connectivity index (χ3n) is 5.64. The maximum absolute atomic E-state index is 12.7. The van der Waals surface area contributed by atoms with Gasteiger partial charge in [-0.25, -0.2) is 14.8 Å². The summed E-state index contributed by atoms with van der Waals surface area (Å²) in [7, 11) is 0. The van der Waals surface area contributed by atoms with E-state index in [2.05, 4.69) is 37.6 Å². The Hall–Kier alpha value is -3.08. The van der Waals surface area contributed by atoms with Gasteiger partial charge in [0.2, 0.25) is 11.9 Å². The number of nitrogens with zero attached hydrogens (tertiary/aromatic N) is 5. The molecule has 0 atom stereocenters. The molecule has 10 nitrogen and oxygen atoms in total. The predicted octanol–water partition coefficient (Wildman–Crippen LogP) is 2.58. The molecule has 2 saturated heterocycles. The van der Waals surface area contributed by atoms with E-state index in [1.165, 1.54) is 6.08 Å². The van der Waals surface area contributed by atoms with Crippen molar-refractivity contribution in [3.05, 3.63) is 53.3 Å². The number of halogens is 2. The number of aromatic nitrogens is 2. The highest BCUT2D eigenvalue weighted by Gasteiger charge is 2.35. The first-order chi connectivity index (χ1) is 15.9. The number of anilines is 3. The van der Waals surface area contributed by atoms with Gasteiger partial charge in [0, 0.05) is 57.7 Å². The lowest BCUT2D eigenvalue weighted by Gasteiger charge is -2.47. The Morgan fingerprint density at radius 1 is 1.00 bits per heavy atom. The van der Waals surface area contributed by atoms with Crippen molar-refractivity contribution in [2.24, 2.45) is 0 Å². The molecule has 2 aromatic rings. The fourth-order valence-corrected chi connectivity index (χ4v) is 4.05. The average Bonchev–Trinajstić information content (AvgIpc) is 2.80. The Kier molecular flexibility index (Phi) is 7.17. The number of nitrogens with one attached hydrogen (secondary N) is 3. The quantitative estimate of drug-likeness (QED) is 0.422. The lowest BCUT2D eigenvalue weighted by Crippen LogP contribution is -2.64. The van der Waals surface area contributed by atoms with E-state index in [-0.39, 0.29) is 11.9 Å². The lowest BCUT2D eigenvalue weighted by atomic mass is 10.1. The summed E-state index contributed by atoms with van der Waals surface area (Å²) < 4.78 is 0. The molecule has 12 heteroatoms. The topological polar surface area (TPSA) is 106 Å². The second-order valence-corrected chi connectivity index (χ2v) is 8.50. The van der Waals surface area contributed by atoms with Crippen molar-refractivity contribution < 1.29 is 9.59 Å². The van der Waals surface area contributed by atoms with Crippen LogP contribution in [0.25, 0.3) is 0 Å². The largest absolute Gasteiger partial charge is 0.336 e. The molecule has 0 spiro atoms. The minimum absolute atomic E-state index is 0.0367. The maximum atomic E-state index is 12.7. The molecule has 2 fully saturated rings. The summed E-state index contributed by atoms with van der Waals surface area (Å²) in [4.78, 5) is 38.4. The SMILES string of the molecule is C=CC(=O)N1CC(N2CCN(C(=O)NNc3cc(Cl)c(Cl)cc3Nc3ncccn3)CC2)C1. The van der Waals surface area contributed by atoms with Gasteiger partial charge in [-0.1, -0.05) is 29.8 Å². The van der Waals surface area contributed by atoms with E-state index in [0.717, 1.165) is 13.1 Å². The number of piperazine rings is 1. The summed E-state index contributed by atoms with van der Waals surface area (Å²) in [6.07, 6.45) is 4.56. The minimum atomic E-state index is -0.250. The van der Waals surface area contributed by atoms with Gasteiger partial charge in [0.1, 0.15) is 0 Å². The van der Waals surface area contributed by atoms with Crippen molar-refractivity contribution in [1.29, 1.82) is 0 Å². The molecule has 0 saturated carbocycles. The van der Waals surface area contributed by atoms with Crippen LogP contribution in [-0.4, -0.2) is 81.9 Å². The minimum Gasteiger partial charge on any atom is -0.336 e. The molecule has 33 heavy (non-hydrogen) atoms. The van der Waals surface area contributed by atoms with Crippen LogP contribution in [0, 0.1) is 0 Å². The van der Waals surface area contributed by atoms with Gasteiger partial charge in [-0.2, -0.15) is 0 Å². The normalized spacial score (nSPS) is 16.7. The molecule has 2 aliphatic heterocycles. The molecule has 0 unspecified atom stereocenters. The van der Waals surface area contributed by atoms with Gasteiger partial charge in [-0.3, -0.25) is 20.5 Å². The molecule has 0 bridgehead atoms. The van der Waals surface area contributed by atoms with E-state index in [9.17, 15) is 9.59 Å². The molecule has 3 heterocycles. The summed E-state index contributed by atoms with van der Waals surface area (Å²) in [5, 5.41) is 3.75. The highest BCUT2D eigenvalue weighted by Crippen LogP contribution is 2.33. The maximum Gasteiger partial charge on any atom is 0.336 e. The van der Waals surface area contributed by atoms with Crippen molar-refractivity contribution >= 4 is 52.5 Å². The zero-order chi connectivity index (χ0) is 23.4. The molecule has 1 aromatic heterocycles. The van der Waals surface area contributed by atoms with Gasteiger partial charge in [-0.15, -0.1) is 0 Å². The van der Waals surface area contributed by atoms with E-state index in [1.807, 2.05) is 0 Å². The molecule has 2 aliphatic rings. The van der Waals surface area contributed by atoms with Crippen molar-refractivity contribution in [3.8, 4) is 0 Å². The number of benzene rings is 1. The van der Waals surface area contributed by atoms with Crippen LogP contribution in [0.2, 0.25) is 10.0 Å². The zero-order valence-electron chi connectivity index (χ0n) is 17.8. The van der Waals surface area contributed by atoms with E-state index < -0.39 is 0 Å². The Bertz CT molecular complexity index is 1020. The number of likely N-dealkylation sites (tertiary alicyclic amines) is 1. The number of urea groups is 1. The number of hydrogen-bond acceptors (Lipinski definition) is 7. The number of amides is 3. The van der Waals surface area contributed by atoms with E-state index in [4.69, 9.17) is 23.2 Å². The second kappa shape index (κ2) is 10.2. The van der Waals surface area contributed by atoms with Crippen LogP contribution in [-0.2, 0) is 4.79 Å². The first-order valence-electron chi connectivity index (χ1n) is 10.4. The number of carbonyl (C=O) groups excluding carboxylic acids is 2. The molecule has 174 valence electrons. The predicted molar refractivity (Wildman–Crippen MR) is 128 cm³/mol. The molecule has 0 aliphatic carbocycles. The molecule has 0 radical (unpaired) electrons. The van der Waals surface area contributed by atoms with Crippen LogP contribution < -0.4 is 16.2 Å². The molecular formula is C21H24Cl2N8O2. The summed E-state index contributed by atoms with van der Waals surface area (Å²) in [5.74, 6) is 0.344. The van der Waals surface area contributed by atoms with Gasteiger partial charge in [-0.05, 0) is 24.3 Å². The van der Waals surface area contributed by atoms with E-state index in [0.29, 0.717) is 59.6 Å². The van der Waals surface area contributed by atoms with Crippen LogP contribution in [0.4, 0.5) is 22.1 Å². The average molecular weight is 491 g/mol. The Morgan fingerprint density at radius 2 is 1.64 bits per heavy atom. The molecule has 1 aromatic carbocycles. The third-order valence-corrected chi connectivity index (χ3v) is 6.37.